The molecule has 3 rings (SSSR count). The first-order valence-corrected chi connectivity index (χ1v) is 7.81. The van der Waals surface area contributed by atoms with Crippen LogP contribution in [0, 0.1) is 0 Å². The molecule has 0 atom stereocenters. The fourth-order valence-electron chi connectivity index (χ4n) is 1.84. The van der Waals surface area contributed by atoms with Gasteiger partial charge in [-0.25, -0.2) is 4.98 Å². The number of thiazole rings is 1. The molecule has 1 amide bonds. The zero-order chi connectivity index (χ0) is 14.8. The van der Waals surface area contributed by atoms with E-state index in [4.69, 9.17) is 0 Å². The summed E-state index contributed by atoms with van der Waals surface area (Å²) in [5.74, 6) is -0.216. The monoisotopic (exact) mass is 362 g/mol. The van der Waals surface area contributed by atoms with Gasteiger partial charge in [0.15, 0.2) is 5.13 Å². The Morgan fingerprint density at radius 3 is 2.71 bits per heavy atom. The Labute approximate surface area is 133 Å². The molecule has 0 bridgehead atoms. The quantitative estimate of drug-likeness (QED) is 0.774. The number of hydrogen-bond acceptors (Lipinski definition) is 4. The topological polar surface area (TPSA) is 59.8 Å². The third-order valence-corrected chi connectivity index (χ3v) is 4.20. The van der Waals surface area contributed by atoms with Gasteiger partial charge in [-0.1, -0.05) is 28.1 Å². The van der Waals surface area contributed by atoms with E-state index in [0.29, 0.717) is 10.8 Å². The minimum atomic E-state index is -0.216. The first-order valence-electron chi connectivity index (χ1n) is 6.14. The van der Waals surface area contributed by atoms with E-state index in [1.54, 1.807) is 19.3 Å². The molecule has 0 aliphatic heterocycles. The van der Waals surface area contributed by atoms with Crippen molar-refractivity contribution in [2.45, 2.75) is 0 Å². The van der Waals surface area contributed by atoms with Gasteiger partial charge in [-0.15, -0.1) is 11.3 Å². The van der Waals surface area contributed by atoms with Gasteiger partial charge in [-0.05, 0) is 18.2 Å². The number of aromatic nitrogens is 3. The molecule has 0 spiro atoms. The van der Waals surface area contributed by atoms with Crippen molar-refractivity contribution in [1.29, 1.82) is 0 Å². The Kier molecular flexibility index (Phi) is 3.85. The summed E-state index contributed by atoms with van der Waals surface area (Å²) in [7, 11) is 1.73. The van der Waals surface area contributed by atoms with Gasteiger partial charge in [0.05, 0.1) is 5.69 Å². The first kappa shape index (κ1) is 14.0. The van der Waals surface area contributed by atoms with Crippen LogP contribution in [0.3, 0.4) is 0 Å². The molecule has 21 heavy (non-hydrogen) atoms. The van der Waals surface area contributed by atoms with Crippen LogP contribution in [0.15, 0.2) is 46.4 Å². The molecule has 2 heterocycles. The van der Waals surface area contributed by atoms with Crippen LogP contribution in [-0.4, -0.2) is 20.7 Å². The Balaban J connectivity index is 1.78. The zero-order valence-corrected chi connectivity index (χ0v) is 13.5. The number of amides is 1. The highest BCUT2D eigenvalue weighted by atomic mass is 79.9. The van der Waals surface area contributed by atoms with Crippen LogP contribution in [0.5, 0.6) is 0 Å². The Morgan fingerprint density at radius 2 is 2.05 bits per heavy atom. The number of nitrogens with zero attached hydrogens (tertiary/aromatic N) is 3. The van der Waals surface area contributed by atoms with Crippen molar-refractivity contribution in [2.75, 3.05) is 5.32 Å². The predicted molar refractivity (Wildman–Crippen MR) is 86.4 cm³/mol. The first-order chi connectivity index (χ1) is 10.1. The van der Waals surface area contributed by atoms with E-state index in [2.05, 4.69) is 31.3 Å². The number of anilines is 1. The fraction of sp³-hybridized carbons (Fsp3) is 0.0714. The van der Waals surface area contributed by atoms with E-state index in [9.17, 15) is 4.79 Å². The Bertz CT molecular complexity index is 778. The van der Waals surface area contributed by atoms with Crippen molar-refractivity contribution in [2.24, 2.45) is 7.05 Å². The molecule has 2 aromatic heterocycles. The van der Waals surface area contributed by atoms with Gasteiger partial charge in [-0.3, -0.25) is 14.8 Å². The number of nitrogens with one attached hydrogen (secondary N) is 1. The molecule has 0 unspecified atom stereocenters. The van der Waals surface area contributed by atoms with E-state index < -0.39 is 0 Å². The second-order valence-corrected chi connectivity index (χ2v) is 6.11. The van der Waals surface area contributed by atoms with Crippen LogP contribution in [-0.2, 0) is 7.05 Å². The van der Waals surface area contributed by atoms with Crippen LogP contribution in [0.2, 0.25) is 0 Å². The highest BCUT2D eigenvalue weighted by Gasteiger charge is 2.12. The maximum absolute atomic E-state index is 12.1. The molecule has 3 aromatic rings. The minimum absolute atomic E-state index is 0.216. The molecule has 0 saturated carbocycles. The summed E-state index contributed by atoms with van der Waals surface area (Å²) in [5, 5.41) is 9.25. The summed E-state index contributed by atoms with van der Waals surface area (Å²) in [5.41, 5.74) is 2.35. The molecule has 1 aromatic carbocycles. The number of aryl methyl sites for hydroxylation is 1. The molecule has 0 aliphatic carbocycles. The zero-order valence-electron chi connectivity index (χ0n) is 11.1. The predicted octanol–water partition coefficient (Wildman–Crippen LogP) is 3.56. The van der Waals surface area contributed by atoms with Crippen molar-refractivity contribution in [1.82, 2.24) is 14.8 Å². The van der Waals surface area contributed by atoms with Crippen molar-refractivity contribution in [3.63, 3.8) is 0 Å². The van der Waals surface area contributed by atoms with Gasteiger partial charge in [-0.2, -0.15) is 5.10 Å². The Morgan fingerprint density at radius 1 is 1.29 bits per heavy atom. The maximum atomic E-state index is 12.1. The minimum Gasteiger partial charge on any atom is -0.296 e. The molecular weight excluding hydrogens is 352 g/mol. The van der Waals surface area contributed by atoms with E-state index in [-0.39, 0.29) is 5.91 Å². The molecule has 0 radical (unpaired) electrons. The lowest BCUT2D eigenvalue weighted by atomic mass is 10.2. The molecule has 0 aliphatic rings. The summed E-state index contributed by atoms with van der Waals surface area (Å²) in [6, 6.07) is 9.54. The molecular formula is C14H11BrN4OS. The van der Waals surface area contributed by atoms with E-state index in [1.807, 2.05) is 29.6 Å². The molecule has 0 saturated heterocycles. The SMILES string of the molecule is Cn1nccc1C(=O)Nc1nc(-c2ccc(Br)cc2)cs1. The van der Waals surface area contributed by atoms with Crippen LogP contribution in [0.4, 0.5) is 5.13 Å². The van der Waals surface area contributed by atoms with Gasteiger partial charge < -0.3 is 0 Å². The second kappa shape index (κ2) is 5.79. The lowest BCUT2D eigenvalue weighted by Crippen LogP contribution is -2.15. The summed E-state index contributed by atoms with van der Waals surface area (Å²) in [6.07, 6.45) is 1.59. The summed E-state index contributed by atoms with van der Waals surface area (Å²) in [4.78, 5) is 16.5. The van der Waals surface area contributed by atoms with Crippen molar-refractivity contribution < 1.29 is 4.79 Å². The van der Waals surface area contributed by atoms with E-state index in [1.165, 1.54) is 16.0 Å². The van der Waals surface area contributed by atoms with Crippen LogP contribution < -0.4 is 5.32 Å². The fourth-order valence-corrected chi connectivity index (χ4v) is 2.82. The average Bonchev–Trinajstić information content (AvgIpc) is 3.09. The van der Waals surface area contributed by atoms with Gasteiger partial charge >= 0.3 is 0 Å². The lowest BCUT2D eigenvalue weighted by molar-refractivity contribution is 0.101. The maximum Gasteiger partial charge on any atom is 0.275 e. The molecule has 5 nitrogen and oxygen atoms in total. The van der Waals surface area contributed by atoms with Gasteiger partial charge in [0.1, 0.15) is 5.69 Å². The second-order valence-electron chi connectivity index (χ2n) is 4.34. The average molecular weight is 363 g/mol. The normalized spacial score (nSPS) is 10.6. The largest absolute Gasteiger partial charge is 0.296 e. The molecule has 0 fully saturated rings. The van der Waals surface area contributed by atoms with Gasteiger partial charge in [0, 0.05) is 28.7 Å². The summed E-state index contributed by atoms with van der Waals surface area (Å²) >= 11 is 4.80. The standard InChI is InChI=1S/C14H11BrN4OS/c1-19-12(6-7-16-19)13(20)18-14-17-11(8-21-14)9-2-4-10(15)5-3-9/h2-8H,1H3,(H,17,18,20). The van der Waals surface area contributed by atoms with Crippen LogP contribution >= 0.6 is 27.3 Å². The number of halogens is 1. The molecule has 7 heteroatoms. The summed E-state index contributed by atoms with van der Waals surface area (Å²) in [6.45, 7) is 0. The highest BCUT2D eigenvalue weighted by molar-refractivity contribution is 9.10. The molecule has 106 valence electrons. The summed E-state index contributed by atoms with van der Waals surface area (Å²) < 4.78 is 2.55. The smallest absolute Gasteiger partial charge is 0.275 e. The van der Waals surface area contributed by atoms with Gasteiger partial charge in [0.2, 0.25) is 0 Å². The van der Waals surface area contributed by atoms with E-state index >= 15 is 0 Å². The van der Waals surface area contributed by atoms with Crippen LogP contribution in [0.25, 0.3) is 11.3 Å². The number of hydrogen-bond donors (Lipinski definition) is 1. The van der Waals surface area contributed by atoms with Crippen molar-refractivity contribution >= 4 is 38.3 Å². The van der Waals surface area contributed by atoms with Crippen LogP contribution in [0.1, 0.15) is 10.5 Å². The third-order valence-electron chi connectivity index (χ3n) is 2.92. The number of rotatable bonds is 3. The molecule has 1 N–H and O–H groups in total. The van der Waals surface area contributed by atoms with Gasteiger partial charge in [0.25, 0.3) is 5.91 Å². The van der Waals surface area contributed by atoms with E-state index in [0.717, 1.165) is 15.7 Å². The third kappa shape index (κ3) is 3.03. The number of carbonyl (C=O) groups excluding carboxylic acids is 1. The van der Waals surface area contributed by atoms with Crippen molar-refractivity contribution in [3.8, 4) is 11.3 Å². The number of benzene rings is 1. The highest BCUT2D eigenvalue weighted by Crippen LogP contribution is 2.26. The van der Waals surface area contributed by atoms with Crippen molar-refractivity contribution in [3.05, 3.63) is 52.1 Å². The lowest BCUT2D eigenvalue weighted by Gasteiger charge is -2.01. The number of carbonyl (C=O) groups is 1. The Hall–Kier alpha value is -1.99.